The summed E-state index contributed by atoms with van der Waals surface area (Å²) in [6, 6.07) is 2.89. The minimum Gasteiger partial charge on any atom is -0.491 e. The summed E-state index contributed by atoms with van der Waals surface area (Å²) in [5, 5.41) is 0. The number of halogens is 2. The predicted octanol–water partition coefficient (Wildman–Crippen LogP) is 1.40. The molecule has 1 heterocycles. The van der Waals surface area contributed by atoms with E-state index in [9.17, 15) is 23.2 Å². The van der Waals surface area contributed by atoms with Crippen molar-refractivity contribution >= 4 is 11.9 Å². The second-order valence-corrected chi connectivity index (χ2v) is 6.25. The van der Waals surface area contributed by atoms with Crippen LogP contribution in [-0.4, -0.2) is 51.2 Å². The van der Waals surface area contributed by atoms with Crippen molar-refractivity contribution in [3.05, 3.63) is 63.1 Å². The predicted molar refractivity (Wildman–Crippen MR) is 105 cm³/mol. The van der Waals surface area contributed by atoms with E-state index in [1.807, 2.05) is 0 Å². The van der Waals surface area contributed by atoms with Crippen molar-refractivity contribution in [2.24, 2.45) is 0 Å². The molecule has 0 spiro atoms. The molecule has 12 heteroatoms. The number of benzene rings is 1. The van der Waals surface area contributed by atoms with Gasteiger partial charge in [-0.2, -0.15) is 0 Å². The lowest BCUT2D eigenvalue weighted by molar-refractivity contribution is -0.111. The summed E-state index contributed by atoms with van der Waals surface area (Å²) in [6.45, 7) is -0.401. The molecule has 0 saturated carbocycles. The van der Waals surface area contributed by atoms with Crippen molar-refractivity contribution in [2.75, 3.05) is 28.4 Å². The monoisotopic (exact) mass is 456 g/mol. The van der Waals surface area contributed by atoms with Crippen LogP contribution >= 0.6 is 0 Å². The summed E-state index contributed by atoms with van der Waals surface area (Å²) in [6.07, 6.45) is 0.221. The minimum absolute atomic E-state index is 0.0262. The number of hydroxylamine groups is 1. The fourth-order valence-corrected chi connectivity index (χ4v) is 2.73. The first kappa shape index (κ1) is 24.9. The molecule has 10 nitrogen and oxygen atoms in total. The quantitative estimate of drug-likeness (QED) is 0.322. The molecule has 0 saturated heterocycles. The van der Waals surface area contributed by atoms with E-state index in [2.05, 4.69) is 5.48 Å². The van der Waals surface area contributed by atoms with Gasteiger partial charge in [0.25, 0.3) is 0 Å². The minimum atomic E-state index is -1.13. The van der Waals surface area contributed by atoms with Gasteiger partial charge in [-0.05, 0) is 6.07 Å². The number of nitrogens with one attached hydrogen (secondary N) is 1. The Morgan fingerprint density at radius 2 is 1.78 bits per heavy atom. The van der Waals surface area contributed by atoms with E-state index in [4.69, 9.17) is 23.8 Å². The van der Waals surface area contributed by atoms with E-state index in [1.54, 1.807) is 0 Å². The largest absolute Gasteiger partial charge is 0.491 e. The molecular weight excluding hydrogens is 434 g/mol. The molecule has 1 aromatic heterocycles. The molecule has 0 atom stereocenters. The number of esters is 1. The average Bonchev–Trinajstić information content (AvgIpc) is 2.78. The molecule has 1 aromatic carbocycles. The Labute approximate surface area is 181 Å². The Balaban J connectivity index is 2.35. The molecule has 0 aliphatic rings. The zero-order valence-corrected chi connectivity index (χ0v) is 17.8. The van der Waals surface area contributed by atoms with Crippen LogP contribution < -0.4 is 15.6 Å². The van der Waals surface area contributed by atoms with Crippen LogP contribution in [0.2, 0.25) is 0 Å². The molecule has 0 fully saturated rings. The number of hydrogen-bond donors (Lipinski definition) is 1. The van der Waals surface area contributed by atoms with Crippen LogP contribution in [-0.2, 0) is 32.1 Å². The van der Waals surface area contributed by atoms with Crippen LogP contribution in [0, 0.1) is 11.6 Å². The number of ether oxygens (including phenoxy) is 4. The van der Waals surface area contributed by atoms with Gasteiger partial charge >= 0.3 is 11.9 Å². The van der Waals surface area contributed by atoms with Crippen LogP contribution in [0.4, 0.5) is 8.78 Å². The Kier molecular flexibility index (Phi) is 8.81. The lowest BCUT2D eigenvalue weighted by atomic mass is 10.2. The standard InChI is InChI=1S/C20H22F2N2O8/c1-28-15(29-2)10-24-9-13(17(25)18(30-3)16(24)20(27)31-4)19(26)32-23-8-11-5-6-12(21)7-14(11)22/h5-7,9,15,23H,8,10H2,1-4H3. The average molecular weight is 456 g/mol. The van der Waals surface area contributed by atoms with Crippen molar-refractivity contribution in [2.45, 2.75) is 19.4 Å². The summed E-state index contributed by atoms with van der Waals surface area (Å²) >= 11 is 0. The topological polar surface area (TPSA) is 114 Å². The molecule has 2 rings (SSSR count). The van der Waals surface area contributed by atoms with Crippen LogP contribution in [0.25, 0.3) is 0 Å². The second-order valence-electron chi connectivity index (χ2n) is 6.25. The molecule has 0 radical (unpaired) electrons. The molecule has 0 bridgehead atoms. The van der Waals surface area contributed by atoms with Crippen molar-refractivity contribution < 1.29 is 42.2 Å². The van der Waals surface area contributed by atoms with Crippen LogP contribution in [0.3, 0.4) is 0 Å². The van der Waals surface area contributed by atoms with Crippen LogP contribution in [0.15, 0.2) is 29.2 Å². The smallest absolute Gasteiger partial charge is 0.362 e. The first-order valence-electron chi connectivity index (χ1n) is 9.10. The second kappa shape index (κ2) is 11.3. The number of carbonyl (C=O) groups excluding carboxylic acids is 2. The van der Waals surface area contributed by atoms with Gasteiger partial charge in [0.2, 0.25) is 5.43 Å². The molecule has 0 unspecified atom stereocenters. The normalized spacial score (nSPS) is 10.8. The van der Waals surface area contributed by atoms with E-state index < -0.39 is 46.6 Å². The molecule has 2 aromatic rings. The van der Waals surface area contributed by atoms with Crippen molar-refractivity contribution in [3.63, 3.8) is 0 Å². The third kappa shape index (κ3) is 5.66. The van der Waals surface area contributed by atoms with Gasteiger partial charge in [-0.15, -0.1) is 5.48 Å². The third-order valence-electron chi connectivity index (χ3n) is 4.36. The highest BCUT2D eigenvalue weighted by Crippen LogP contribution is 2.18. The number of nitrogens with zero attached hydrogens (tertiary/aromatic N) is 1. The lowest BCUT2D eigenvalue weighted by Crippen LogP contribution is -2.31. The van der Waals surface area contributed by atoms with E-state index >= 15 is 0 Å². The Hall–Kier alpha value is -3.35. The van der Waals surface area contributed by atoms with Crippen LogP contribution in [0.1, 0.15) is 26.4 Å². The van der Waals surface area contributed by atoms with Gasteiger partial charge in [0.15, 0.2) is 17.7 Å². The summed E-state index contributed by atoms with van der Waals surface area (Å²) in [4.78, 5) is 42.3. The molecule has 32 heavy (non-hydrogen) atoms. The Morgan fingerprint density at radius 1 is 1.09 bits per heavy atom. The zero-order valence-electron chi connectivity index (χ0n) is 17.8. The SMILES string of the molecule is COC(=O)c1c(OC)c(=O)c(C(=O)ONCc2ccc(F)cc2F)cn1CC(OC)OC. The number of methoxy groups -OCH3 is 4. The highest BCUT2D eigenvalue weighted by atomic mass is 19.1. The van der Waals surface area contributed by atoms with Gasteiger partial charge in [0.05, 0.1) is 27.3 Å². The Bertz CT molecular complexity index is 1040. The number of pyridine rings is 1. The molecular formula is C20H22F2N2O8. The summed E-state index contributed by atoms with van der Waals surface area (Å²) in [5.41, 5.74) is 0.546. The van der Waals surface area contributed by atoms with Crippen molar-refractivity contribution in [1.29, 1.82) is 0 Å². The first-order chi connectivity index (χ1) is 15.3. The van der Waals surface area contributed by atoms with Gasteiger partial charge in [-0.3, -0.25) is 4.79 Å². The number of aromatic nitrogens is 1. The van der Waals surface area contributed by atoms with E-state index in [0.717, 1.165) is 26.5 Å². The molecule has 0 aliphatic heterocycles. The van der Waals surface area contributed by atoms with Crippen molar-refractivity contribution in [3.8, 4) is 5.75 Å². The summed E-state index contributed by atoms with van der Waals surface area (Å²) in [7, 11) is 4.97. The summed E-state index contributed by atoms with van der Waals surface area (Å²) < 4.78 is 47.8. The zero-order chi connectivity index (χ0) is 23.8. The lowest BCUT2D eigenvalue weighted by Gasteiger charge is -2.20. The van der Waals surface area contributed by atoms with E-state index in [0.29, 0.717) is 6.07 Å². The highest BCUT2D eigenvalue weighted by molar-refractivity contribution is 5.94. The van der Waals surface area contributed by atoms with Gasteiger partial charge in [0, 0.05) is 32.0 Å². The van der Waals surface area contributed by atoms with Crippen LogP contribution in [0.5, 0.6) is 5.75 Å². The maximum Gasteiger partial charge on any atom is 0.362 e. The maximum atomic E-state index is 13.7. The van der Waals surface area contributed by atoms with E-state index in [-0.39, 0.29) is 24.3 Å². The van der Waals surface area contributed by atoms with Gasteiger partial charge < -0.3 is 28.4 Å². The third-order valence-corrected chi connectivity index (χ3v) is 4.36. The Morgan fingerprint density at radius 3 is 2.34 bits per heavy atom. The first-order valence-corrected chi connectivity index (χ1v) is 9.10. The number of carbonyl (C=O) groups is 2. The fourth-order valence-electron chi connectivity index (χ4n) is 2.73. The number of hydrogen-bond acceptors (Lipinski definition) is 9. The maximum absolute atomic E-state index is 13.7. The fraction of sp³-hybridized carbons (Fsp3) is 0.350. The molecule has 174 valence electrons. The molecule has 0 amide bonds. The van der Waals surface area contributed by atoms with Gasteiger partial charge in [-0.25, -0.2) is 18.4 Å². The van der Waals surface area contributed by atoms with E-state index in [1.165, 1.54) is 24.9 Å². The van der Waals surface area contributed by atoms with Gasteiger partial charge in [-0.1, -0.05) is 6.07 Å². The molecule has 0 aliphatic carbocycles. The molecule has 1 N–H and O–H groups in total. The van der Waals surface area contributed by atoms with Crippen molar-refractivity contribution in [1.82, 2.24) is 10.0 Å². The highest BCUT2D eigenvalue weighted by Gasteiger charge is 2.27. The van der Waals surface area contributed by atoms with Gasteiger partial charge in [0.1, 0.15) is 17.2 Å². The number of rotatable bonds is 10. The summed E-state index contributed by atoms with van der Waals surface area (Å²) in [5.74, 6) is -4.08.